The zero-order valence-corrected chi connectivity index (χ0v) is 14.5. The smallest absolute Gasteiger partial charge is 0.507 e. The minimum absolute atomic E-state index is 0.0779. The highest BCUT2D eigenvalue weighted by molar-refractivity contribution is 5.89. The largest absolute Gasteiger partial charge is 0.513 e. The Morgan fingerprint density at radius 1 is 1.26 bits per heavy atom. The standard InChI is InChI=1S/C18H18O9/c1-2-3-10-9-5-4-8(25-17(21)22)6-11(9)15(20)14-12(19)7-13(26-16(10)14)27-18(23)24/h7-8,20H,2-6H2,1H3,(H,21,22)(H,23,24). The molecule has 9 nitrogen and oxygen atoms in total. The average molecular weight is 378 g/mol. The molecule has 1 aromatic heterocycles. The summed E-state index contributed by atoms with van der Waals surface area (Å²) in [5, 5.41) is 28.2. The molecular formula is C18H18O9. The lowest BCUT2D eigenvalue weighted by Crippen LogP contribution is -2.26. The van der Waals surface area contributed by atoms with Crippen molar-refractivity contribution in [3.63, 3.8) is 0 Å². The molecule has 144 valence electrons. The van der Waals surface area contributed by atoms with Gasteiger partial charge in [0.15, 0.2) is 5.43 Å². The number of fused-ring (bicyclic) bond motifs is 2. The molecule has 3 rings (SSSR count). The van der Waals surface area contributed by atoms with Gasteiger partial charge in [-0.05, 0) is 30.4 Å². The number of carboxylic acid groups (broad SMARTS) is 2. The van der Waals surface area contributed by atoms with Crippen LogP contribution in [-0.4, -0.2) is 33.7 Å². The topological polar surface area (TPSA) is 144 Å². The van der Waals surface area contributed by atoms with Crippen molar-refractivity contribution in [3.8, 4) is 11.7 Å². The third kappa shape index (κ3) is 3.53. The Hall–Kier alpha value is -3.23. The highest BCUT2D eigenvalue weighted by atomic mass is 16.7. The predicted molar refractivity (Wildman–Crippen MR) is 91.7 cm³/mol. The van der Waals surface area contributed by atoms with Crippen LogP contribution in [0.15, 0.2) is 15.3 Å². The van der Waals surface area contributed by atoms with Crippen LogP contribution >= 0.6 is 0 Å². The van der Waals surface area contributed by atoms with Crippen molar-refractivity contribution in [2.45, 2.75) is 45.1 Å². The Morgan fingerprint density at radius 2 is 2.00 bits per heavy atom. The van der Waals surface area contributed by atoms with Gasteiger partial charge in [0.1, 0.15) is 22.8 Å². The molecule has 3 N–H and O–H groups in total. The van der Waals surface area contributed by atoms with E-state index in [1.54, 1.807) is 0 Å². The van der Waals surface area contributed by atoms with E-state index in [9.17, 15) is 19.5 Å². The lowest BCUT2D eigenvalue weighted by atomic mass is 9.83. The third-order valence-electron chi connectivity index (χ3n) is 4.55. The summed E-state index contributed by atoms with van der Waals surface area (Å²) in [5.41, 5.74) is 1.35. The van der Waals surface area contributed by atoms with E-state index in [-0.39, 0.29) is 23.1 Å². The molecule has 1 atom stereocenters. The highest BCUT2D eigenvalue weighted by Gasteiger charge is 2.30. The summed E-state index contributed by atoms with van der Waals surface area (Å²) >= 11 is 0. The Labute approximate surface area is 152 Å². The molecule has 2 aromatic rings. The maximum Gasteiger partial charge on any atom is 0.513 e. The zero-order chi connectivity index (χ0) is 19.7. The van der Waals surface area contributed by atoms with Gasteiger partial charge in [-0.2, -0.15) is 0 Å². The third-order valence-corrected chi connectivity index (χ3v) is 4.55. The molecule has 1 heterocycles. The van der Waals surface area contributed by atoms with Gasteiger partial charge >= 0.3 is 12.3 Å². The van der Waals surface area contributed by atoms with Gasteiger partial charge in [-0.1, -0.05) is 13.3 Å². The van der Waals surface area contributed by atoms with Gasteiger partial charge < -0.3 is 29.2 Å². The van der Waals surface area contributed by atoms with Crippen molar-refractivity contribution in [1.82, 2.24) is 0 Å². The molecular weight excluding hydrogens is 360 g/mol. The van der Waals surface area contributed by atoms with E-state index in [0.29, 0.717) is 30.4 Å². The van der Waals surface area contributed by atoms with Crippen LogP contribution in [0.2, 0.25) is 0 Å². The number of hydrogen-bond acceptors (Lipinski definition) is 7. The first-order valence-electron chi connectivity index (χ1n) is 8.45. The molecule has 1 unspecified atom stereocenters. The molecule has 0 bridgehead atoms. The summed E-state index contributed by atoms with van der Waals surface area (Å²) in [6.07, 6.45) is -1.38. The quantitative estimate of drug-likeness (QED) is 0.684. The first-order valence-corrected chi connectivity index (χ1v) is 8.45. The average Bonchev–Trinajstić information content (AvgIpc) is 2.57. The van der Waals surface area contributed by atoms with E-state index in [2.05, 4.69) is 4.74 Å². The van der Waals surface area contributed by atoms with Gasteiger partial charge in [0, 0.05) is 12.0 Å². The van der Waals surface area contributed by atoms with Gasteiger partial charge in [-0.25, -0.2) is 9.59 Å². The van der Waals surface area contributed by atoms with Crippen LogP contribution in [0.5, 0.6) is 11.7 Å². The van der Waals surface area contributed by atoms with Crippen LogP contribution in [0.1, 0.15) is 36.5 Å². The minimum atomic E-state index is -1.62. The number of rotatable bonds is 4. The fourth-order valence-corrected chi connectivity index (χ4v) is 3.57. The van der Waals surface area contributed by atoms with Gasteiger partial charge in [0.25, 0.3) is 5.95 Å². The van der Waals surface area contributed by atoms with Crippen LogP contribution in [-0.2, 0) is 24.0 Å². The van der Waals surface area contributed by atoms with Crippen molar-refractivity contribution < 1.29 is 38.8 Å². The fraction of sp³-hybridized carbons (Fsp3) is 0.389. The first kappa shape index (κ1) is 18.6. The van der Waals surface area contributed by atoms with Crippen molar-refractivity contribution in [2.75, 3.05) is 0 Å². The van der Waals surface area contributed by atoms with Crippen LogP contribution in [0, 0.1) is 0 Å². The Morgan fingerprint density at radius 3 is 2.63 bits per heavy atom. The first-order chi connectivity index (χ1) is 12.8. The fourth-order valence-electron chi connectivity index (χ4n) is 3.57. The number of phenolic OH excluding ortho intramolecular Hbond substituents is 1. The number of aryl methyl sites for hydroxylation is 1. The van der Waals surface area contributed by atoms with Crippen molar-refractivity contribution in [3.05, 3.63) is 33.0 Å². The van der Waals surface area contributed by atoms with Crippen LogP contribution in [0.3, 0.4) is 0 Å². The summed E-state index contributed by atoms with van der Waals surface area (Å²) in [4.78, 5) is 34.1. The zero-order valence-electron chi connectivity index (χ0n) is 14.5. The summed E-state index contributed by atoms with van der Waals surface area (Å²) in [6.45, 7) is 1.93. The van der Waals surface area contributed by atoms with E-state index >= 15 is 0 Å². The molecule has 27 heavy (non-hydrogen) atoms. The SMILES string of the molecule is CCCc1c2c(c(O)c3c(=O)cc(OC(=O)O)oc13)CC(OC(=O)O)CC2. The Balaban J connectivity index is 2.23. The second-order valence-electron chi connectivity index (χ2n) is 6.28. The van der Waals surface area contributed by atoms with Gasteiger partial charge in [0.05, 0.1) is 6.07 Å². The molecule has 0 aliphatic heterocycles. The lowest BCUT2D eigenvalue weighted by Gasteiger charge is -2.27. The number of carbonyl (C=O) groups is 2. The summed E-state index contributed by atoms with van der Waals surface area (Å²) in [6, 6.07) is 0.854. The number of aromatic hydroxyl groups is 1. The second kappa shape index (κ2) is 7.18. The summed E-state index contributed by atoms with van der Waals surface area (Å²) in [5.74, 6) is -0.770. The van der Waals surface area contributed by atoms with E-state index in [0.717, 1.165) is 18.1 Å². The van der Waals surface area contributed by atoms with Gasteiger partial charge in [0.2, 0.25) is 0 Å². The van der Waals surface area contributed by atoms with Crippen molar-refractivity contribution in [2.24, 2.45) is 0 Å². The number of phenols is 1. The van der Waals surface area contributed by atoms with Crippen LogP contribution < -0.4 is 10.2 Å². The van der Waals surface area contributed by atoms with Crippen LogP contribution in [0.25, 0.3) is 11.0 Å². The van der Waals surface area contributed by atoms with Crippen molar-refractivity contribution in [1.29, 1.82) is 0 Å². The molecule has 9 heteroatoms. The predicted octanol–water partition coefficient (Wildman–Crippen LogP) is 3.06. The summed E-state index contributed by atoms with van der Waals surface area (Å²) in [7, 11) is 0. The van der Waals surface area contributed by atoms with Crippen molar-refractivity contribution >= 4 is 23.3 Å². The maximum atomic E-state index is 12.5. The number of ether oxygens (including phenoxy) is 2. The Kier molecular flexibility index (Phi) is 4.93. The van der Waals surface area contributed by atoms with E-state index in [1.165, 1.54) is 0 Å². The molecule has 0 spiro atoms. The molecule has 1 aromatic carbocycles. The van der Waals surface area contributed by atoms with Crippen LogP contribution in [0.4, 0.5) is 9.59 Å². The monoisotopic (exact) mass is 378 g/mol. The molecule has 0 fully saturated rings. The normalized spacial score (nSPS) is 16.0. The molecule has 0 radical (unpaired) electrons. The highest BCUT2D eigenvalue weighted by Crippen LogP contribution is 2.40. The number of benzene rings is 1. The maximum absolute atomic E-state index is 12.5. The molecule has 0 saturated heterocycles. The Bertz CT molecular complexity index is 973. The molecule has 1 aliphatic rings. The second-order valence-corrected chi connectivity index (χ2v) is 6.28. The minimum Gasteiger partial charge on any atom is -0.507 e. The number of hydrogen-bond donors (Lipinski definition) is 3. The van der Waals surface area contributed by atoms with Gasteiger partial charge in [-0.15, -0.1) is 0 Å². The van der Waals surface area contributed by atoms with E-state index < -0.39 is 29.8 Å². The van der Waals surface area contributed by atoms with Gasteiger partial charge in [-0.3, -0.25) is 4.79 Å². The molecule has 1 aliphatic carbocycles. The molecule has 0 amide bonds. The van der Waals surface area contributed by atoms with E-state index in [1.807, 2.05) is 6.92 Å². The van der Waals surface area contributed by atoms with E-state index in [4.69, 9.17) is 19.4 Å². The molecule has 0 saturated carbocycles. The lowest BCUT2D eigenvalue weighted by molar-refractivity contribution is 0.0457. The summed E-state index contributed by atoms with van der Waals surface area (Å²) < 4.78 is 14.8.